The highest BCUT2D eigenvalue weighted by Crippen LogP contribution is 2.32. The highest BCUT2D eigenvalue weighted by atomic mass is 35.5. The first-order chi connectivity index (χ1) is 14.6. The summed E-state index contributed by atoms with van der Waals surface area (Å²) in [6, 6.07) is 7.47. The third kappa shape index (κ3) is 4.93. The highest BCUT2D eigenvalue weighted by molar-refractivity contribution is 7.15. The lowest BCUT2D eigenvalue weighted by molar-refractivity contribution is 0.513. The number of hydrogen-bond donors (Lipinski definition) is 3. The van der Waals surface area contributed by atoms with Crippen molar-refractivity contribution in [3.8, 4) is 5.75 Å². The van der Waals surface area contributed by atoms with E-state index in [9.17, 15) is 0 Å². The Bertz CT molecular complexity index is 1080. The number of ether oxygens (including phenoxy) is 1. The van der Waals surface area contributed by atoms with E-state index in [-0.39, 0.29) is 6.04 Å². The molecule has 0 amide bonds. The molecule has 1 aliphatic rings. The molecule has 8 nitrogen and oxygen atoms in total. The van der Waals surface area contributed by atoms with Gasteiger partial charge in [0.2, 0.25) is 0 Å². The van der Waals surface area contributed by atoms with Crippen molar-refractivity contribution in [3.63, 3.8) is 0 Å². The van der Waals surface area contributed by atoms with Crippen LogP contribution in [0.15, 0.2) is 59.6 Å². The molecule has 3 aromatic rings. The smallest absolute Gasteiger partial charge is 0.295 e. The van der Waals surface area contributed by atoms with Gasteiger partial charge in [0.15, 0.2) is 10.9 Å². The minimum Gasteiger partial charge on any atom is -0.424 e. The van der Waals surface area contributed by atoms with E-state index in [0.29, 0.717) is 34.3 Å². The molecule has 4 rings (SSSR count). The molecule has 1 aliphatic heterocycles. The Morgan fingerprint density at radius 1 is 1.17 bits per heavy atom. The van der Waals surface area contributed by atoms with Gasteiger partial charge < -0.3 is 20.7 Å². The number of nitrogens with zero attached hydrogens (tertiary/aromatic N) is 4. The van der Waals surface area contributed by atoms with E-state index in [0.717, 1.165) is 16.3 Å². The molecule has 2 aromatic heterocycles. The zero-order valence-corrected chi connectivity index (χ0v) is 18.0. The van der Waals surface area contributed by atoms with Gasteiger partial charge in [0, 0.05) is 18.4 Å². The summed E-state index contributed by atoms with van der Waals surface area (Å²) in [6.45, 7) is 2.63. The van der Waals surface area contributed by atoms with Gasteiger partial charge in [0.1, 0.15) is 11.8 Å². The van der Waals surface area contributed by atoms with Crippen molar-refractivity contribution in [1.82, 2.24) is 25.6 Å². The molecular formula is C20H20ClN7OS. The van der Waals surface area contributed by atoms with Gasteiger partial charge in [0.05, 0.1) is 28.0 Å². The molecule has 30 heavy (non-hydrogen) atoms. The van der Waals surface area contributed by atoms with Crippen molar-refractivity contribution in [2.45, 2.75) is 19.5 Å². The van der Waals surface area contributed by atoms with Gasteiger partial charge in [-0.15, -0.1) is 0 Å². The average Bonchev–Trinajstić information content (AvgIpc) is 3.20. The van der Waals surface area contributed by atoms with Crippen molar-refractivity contribution >= 4 is 39.9 Å². The second-order valence-electron chi connectivity index (χ2n) is 6.50. The lowest BCUT2D eigenvalue weighted by Crippen LogP contribution is -2.31. The third-order valence-electron chi connectivity index (χ3n) is 4.12. The molecule has 0 radical (unpaired) electrons. The second kappa shape index (κ2) is 9.21. The Balaban J connectivity index is 1.48. The topological polar surface area (TPSA) is 96.4 Å². The van der Waals surface area contributed by atoms with E-state index in [1.54, 1.807) is 30.7 Å². The molecule has 0 spiro atoms. The lowest BCUT2D eigenvalue weighted by atomic mass is 10.2. The fourth-order valence-corrected chi connectivity index (χ4v) is 3.76. The van der Waals surface area contributed by atoms with Crippen LogP contribution in [-0.2, 0) is 6.54 Å². The van der Waals surface area contributed by atoms with Crippen LogP contribution < -0.4 is 20.7 Å². The van der Waals surface area contributed by atoms with Crippen molar-refractivity contribution in [3.05, 3.63) is 70.2 Å². The largest absolute Gasteiger partial charge is 0.424 e. The zero-order chi connectivity index (χ0) is 20.9. The maximum Gasteiger partial charge on any atom is 0.295 e. The second-order valence-corrected chi connectivity index (χ2v) is 7.97. The van der Waals surface area contributed by atoms with Gasteiger partial charge in [-0.05, 0) is 32.2 Å². The van der Waals surface area contributed by atoms with Crippen LogP contribution in [-0.4, -0.2) is 28.0 Å². The predicted molar refractivity (Wildman–Crippen MR) is 119 cm³/mol. The molecule has 1 atom stereocenters. The number of aromatic nitrogens is 3. The number of amidine groups is 1. The van der Waals surface area contributed by atoms with Crippen LogP contribution in [0.1, 0.15) is 23.5 Å². The number of nitrogens with one attached hydrogen (secondary N) is 3. The van der Waals surface area contributed by atoms with Crippen molar-refractivity contribution in [2.24, 2.45) is 4.99 Å². The summed E-state index contributed by atoms with van der Waals surface area (Å²) in [6.07, 6.45) is 7.24. The van der Waals surface area contributed by atoms with E-state index >= 15 is 0 Å². The van der Waals surface area contributed by atoms with Crippen LogP contribution in [0.3, 0.4) is 0 Å². The monoisotopic (exact) mass is 441 g/mol. The Morgan fingerprint density at radius 2 is 2.03 bits per heavy atom. The van der Waals surface area contributed by atoms with Crippen LogP contribution in [0.25, 0.3) is 0 Å². The predicted octanol–water partition coefficient (Wildman–Crippen LogP) is 4.03. The van der Waals surface area contributed by atoms with Gasteiger partial charge in [-0.3, -0.25) is 4.98 Å². The molecular weight excluding hydrogens is 422 g/mol. The highest BCUT2D eigenvalue weighted by Gasteiger charge is 2.19. The number of aliphatic imine (C=N–C) groups is 1. The van der Waals surface area contributed by atoms with E-state index in [1.807, 2.05) is 32.2 Å². The van der Waals surface area contributed by atoms with Gasteiger partial charge in [-0.25, -0.2) is 15.0 Å². The van der Waals surface area contributed by atoms with Crippen LogP contribution >= 0.6 is 22.9 Å². The standard InChI is InChI=1S/C20H20ClN7OS/c1-12-7-15(27-19(26-12)29-16-6-4-3-5-14(16)21)17-10-25-20(30-17)28-18-11-23-13(8-22-2)9-24-18/h3-7,9-11,15,22H,8H2,1-2H3,(H,26,27)(H,24,25,28)/t15-/m1/s1. The SMILES string of the molecule is CNCc1cnc(Nc2ncc([C@H]3C=C(C)NC(Oc4ccccc4Cl)=N3)s2)cn1. The summed E-state index contributed by atoms with van der Waals surface area (Å²) in [4.78, 5) is 18.8. The lowest BCUT2D eigenvalue weighted by Gasteiger charge is -2.19. The minimum absolute atomic E-state index is 0.208. The fourth-order valence-electron chi connectivity index (χ4n) is 2.75. The maximum atomic E-state index is 6.19. The molecule has 0 unspecified atom stereocenters. The summed E-state index contributed by atoms with van der Waals surface area (Å²) in [7, 11) is 1.87. The van der Waals surface area contributed by atoms with Crippen molar-refractivity contribution < 1.29 is 4.74 Å². The van der Waals surface area contributed by atoms with Crippen molar-refractivity contribution in [2.75, 3.05) is 12.4 Å². The molecule has 0 saturated carbocycles. The quantitative estimate of drug-likeness (QED) is 0.531. The minimum atomic E-state index is -0.208. The Kier molecular flexibility index (Phi) is 6.22. The Morgan fingerprint density at radius 3 is 2.80 bits per heavy atom. The molecule has 0 bridgehead atoms. The normalized spacial score (nSPS) is 15.8. The van der Waals surface area contributed by atoms with Gasteiger partial charge in [0.25, 0.3) is 6.02 Å². The van der Waals surface area contributed by atoms with Gasteiger partial charge in [-0.2, -0.15) is 0 Å². The summed E-state index contributed by atoms with van der Waals surface area (Å²) < 4.78 is 5.85. The number of rotatable bonds is 6. The molecule has 1 aromatic carbocycles. The van der Waals surface area contributed by atoms with Gasteiger partial charge in [-0.1, -0.05) is 35.1 Å². The number of hydrogen-bond acceptors (Lipinski definition) is 9. The molecule has 3 heterocycles. The maximum absolute atomic E-state index is 6.19. The van der Waals surface area contributed by atoms with Crippen LogP contribution in [0.4, 0.5) is 10.9 Å². The van der Waals surface area contributed by atoms with E-state index < -0.39 is 0 Å². The van der Waals surface area contributed by atoms with Crippen LogP contribution in [0.2, 0.25) is 5.02 Å². The van der Waals surface area contributed by atoms with E-state index in [2.05, 4.69) is 35.9 Å². The first kappa shape index (κ1) is 20.3. The van der Waals surface area contributed by atoms with Crippen LogP contribution in [0, 0.1) is 0 Å². The molecule has 10 heteroatoms. The number of allylic oxidation sites excluding steroid dienone is 1. The molecule has 0 saturated heterocycles. The molecule has 3 N–H and O–H groups in total. The summed E-state index contributed by atoms with van der Waals surface area (Å²) in [5.74, 6) is 1.19. The van der Waals surface area contributed by atoms with E-state index in [1.165, 1.54) is 11.3 Å². The van der Waals surface area contributed by atoms with Crippen molar-refractivity contribution in [1.29, 1.82) is 0 Å². The number of para-hydroxylation sites is 1. The molecule has 0 fully saturated rings. The molecule has 0 aliphatic carbocycles. The number of benzene rings is 1. The first-order valence-electron chi connectivity index (χ1n) is 9.24. The summed E-state index contributed by atoms with van der Waals surface area (Å²) in [5.41, 5.74) is 1.81. The van der Waals surface area contributed by atoms with Gasteiger partial charge >= 0.3 is 0 Å². The first-order valence-corrected chi connectivity index (χ1v) is 10.4. The number of thiazole rings is 1. The average molecular weight is 442 g/mol. The van der Waals surface area contributed by atoms with E-state index in [4.69, 9.17) is 16.3 Å². The third-order valence-corrected chi connectivity index (χ3v) is 5.42. The van der Waals surface area contributed by atoms with Crippen LogP contribution in [0.5, 0.6) is 5.75 Å². The fraction of sp³-hybridized carbons (Fsp3) is 0.200. The Labute approximate surface area is 183 Å². The number of anilines is 2. The zero-order valence-electron chi connectivity index (χ0n) is 16.4. The number of halogens is 1. The Hall–Kier alpha value is -3.01. The summed E-state index contributed by atoms with van der Waals surface area (Å²) >= 11 is 7.69. The summed E-state index contributed by atoms with van der Waals surface area (Å²) in [5, 5.41) is 10.6. The molecule has 154 valence electrons.